The highest BCUT2D eigenvalue weighted by Crippen LogP contribution is 2.19. The Morgan fingerprint density at radius 1 is 1.36 bits per heavy atom. The molecule has 1 unspecified atom stereocenters. The molecule has 5 nitrogen and oxygen atoms in total. The predicted molar refractivity (Wildman–Crippen MR) is 88.9 cm³/mol. The van der Waals surface area contributed by atoms with Gasteiger partial charge in [-0.2, -0.15) is 0 Å². The number of halogens is 1. The van der Waals surface area contributed by atoms with E-state index in [4.69, 9.17) is 10.2 Å². The van der Waals surface area contributed by atoms with Crippen molar-refractivity contribution < 1.29 is 9.21 Å². The molecular weight excluding hydrogens is 302 g/mol. The van der Waals surface area contributed by atoms with Gasteiger partial charge >= 0.3 is 0 Å². The lowest BCUT2D eigenvalue weighted by atomic mass is 10.1. The summed E-state index contributed by atoms with van der Waals surface area (Å²) in [5.74, 6) is 0.569. The van der Waals surface area contributed by atoms with Crippen molar-refractivity contribution in [1.82, 2.24) is 10.3 Å². The van der Waals surface area contributed by atoms with Gasteiger partial charge in [0.05, 0.1) is 5.69 Å². The number of carbonyl (C=O) groups is 1. The van der Waals surface area contributed by atoms with E-state index in [-0.39, 0.29) is 24.4 Å². The fraction of sp³-hybridized carbons (Fsp3) is 0.375. The molecule has 1 heterocycles. The van der Waals surface area contributed by atoms with Gasteiger partial charge in [-0.1, -0.05) is 17.7 Å². The van der Waals surface area contributed by atoms with Crippen LogP contribution in [0, 0.1) is 6.92 Å². The molecule has 0 spiro atoms. The third kappa shape index (κ3) is 5.50. The molecule has 0 saturated heterocycles. The van der Waals surface area contributed by atoms with Crippen LogP contribution in [-0.4, -0.2) is 23.5 Å². The maximum atomic E-state index is 11.5. The SMILES string of the molecule is Cc1ccc(-c2nc(CCNC(=O)CC(C)N)co2)cc1.Cl. The Morgan fingerprint density at radius 2 is 2.05 bits per heavy atom. The quantitative estimate of drug-likeness (QED) is 0.855. The van der Waals surface area contributed by atoms with Gasteiger partial charge in [0.15, 0.2) is 0 Å². The average molecular weight is 324 g/mol. The Morgan fingerprint density at radius 3 is 2.68 bits per heavy atom. The molecule has 6 heteroatoms. The Labute approximate surface area is 136 Å². The van der Waals surface area contributed by atoms with E-state index in [1.54, 1.807) is 6.26 Å². The molecule has 0 fully saturated rings. The summed E-state index contributed by atoms with van der Waals surface area (Å²) >= 11 is 0. The van der Waals surface area contributed by atoms with Crippen molar-refractivity contribution in [2.24, 2.45) is 5.73 Å². The Balaban J connectivity index is 0.00000242. The summed E-state index contributed by atoms with van der Waals surface area (Å²) in [6.07, 6.45) is 2.61. The number of oxazole rings is 1. The van der Waals surface area contributed by atoms with Gasteiger partial charge in [0, 0.05) is 31.0 Å². The first-order valence-corrected chi connectivity index (χ1v) is 7.08. The van der Waals surface area contributed by atoms with Crippen LogP contribution in [0.1, 0.15) is 24.6 Å². The zero-order valence-electron chi connectivity index (χ0n) is 12.8. The maximum absolute atomic E-state index is 11.5. The van der Waals surface area contributed by atoms with Crippen molar-refractivity contribution in [3.63, 3.8) is 0 Å². The summed E-state index contributed by atoms with van der Waals surface area (Å²) in [5, 5.41) is 2.82. The van der Waals surface area contributed by atoms with Gasteiger partial charge in [0.2, 0.25) is 11.8 Å². The van der Waals surface area contributed by atoms with Crippen LogP contribution in [0.25, 0.3) is 11.5 Å². The number of hydrogen-bond acceptors (Lipinski definition) is 4. The van der Waals surface area contributed by atoms with Crippen LogP contribution >= 0.6 is 12.4 Å². The molecule has 0 radical (unpaired) electrons. The van der Waals surface area contributed by atoms with E-state index < -0.39 is 0 Å². The first-order valence-electron chi connectivity index (χ1n) is 7.08. The van der Waals surface area contributed by atoms with Gasteiger partial charge in [-0.25, -0.2) is 4.98 Å². The predicted octanol–water partition coefficient (Wildman–Crippen LogP) is 2.47. The standard InChI is InChI=1S/C16H21N3O2.ClH/c1-11-3-5-13(6-4-11)16-19-14(10-21-16)7-8-18-15(20)9-12(2)17;/h3-6,10,12H,7-9,17H2,1-2H3,(H,18,20);1H. The molecule has 0 bridgehead atoms. The number of aromatic nitrogens is 1. The number of nitrogens with zero attached hydrogens (tertiary/aromatic N) is 1. The summed E-state index contributed by atoms with van der Waals surface area (Å²) in [5.41, 5.74) is 8.54. The molecule has 1 amide bonds. The number of aryl methyl sites for hydroxylation is 1. The monoisotopic (exact) mass is 323 g/mol. The third-order valence-electron chi connectivity index (χ3n) is 3.06. The van der Waals surface area contributed by atoms with Gasteiger partial charge in [-0.05, 0) is 26.0 Å². The topological polar surface area (TPSA) is 81.2 Å². The van der Waals surface area contributed by atoms with Crippen LogP contribution in [0.2, 0.25) is 0 Å². The van der Waals surface area contributed by atoms with Crippen LogP contribution in [0.3, 0.4) is 0 Å². The number of hydrogen-bond donors (Lipinski definition) is 2. The molecule has 0 aliphatic heterocycles. The zero-order valence-corrected chi connectivity index (χ0v) is 13.7. The molecule has 1 aromatic carbocycles. The Bertz CT molecular complexity index is 594. The minimum atomic E-state index is -0.120. The lowest BCUT2D eigenvalue weighted by molar-refractivity contribution is -0.121. The summed E-state index contributed by atoms with van der Waals surface area (Å²) < 4.78 is 5.47. The van der Waals surface area contributed by atoms with E-state index in [1.165, 1.54) is 5.56 Å². The van der Waals surface area contributed by atoms with Crippen LogP contribution in [0.15, 0.2) is 34.9 Å². The molecule has 22 heavy (non-hydrogen) atoms. The average Bonchev–Trinajstić information content (AvgIpc) is 2.87. The van der Waals surface area contributed by atoms with Crippen LogP contribution in [-0.2, 0) is 11.2 Å². The van der Waals surface area contributed by atoms with Crippen molar-refractivity contribution in [3.05, 3.63) is 41.8 Å². The molecule has 3 N–H and O–H groups in total. The molecule has 1 atom stereocenters. The fourth-order valence-electron chi connectivity index (χ4n) is 1.95. The maximum Gasteiger partial charge on any atom is 0.226 e. The fourth-order valence-corrected chi connectivity index (χ4v) is 1.95. The molecule has 2 rings (SSSR count). The molecule has 2 aromatic rings. The molecule has 0 aliphatic rings. The van der Waals surface area contributed by atoms with E-state index in [9.17, 15) is 4.79 Å². The third-order valence-corrected chi connectivity index (χ3v) is 3.06. The number of amides is 1. The van der Waals surface area contributed by atoms with Crippen molar-refractivity contribution in [1.29, 1.82) is 0 Å². The number of benzene rings is 1. The summed E-state index contributed by atoms with van der Waals surface area (Å²) in [6.45, 7) is 4.38. The Hall–Kier alpha value is -1.85. The van der Waals surface area contributed by atoms with Gasteiger partial charge in [-0.3, -0.25) is 4.79 Å². The molecular formula is C16H22ClN3O2. The first-order chi connectivity index (χ1) is 10.0. The normalized spacial score (nSPS) is 11.6. The summed E-state index contributed by atoms with van der Waals surface area (Å²) in [4.78, 5) is 15.9. The second kappa shape index (κ2) is 8.56. The highest BCUT2D eigenvalue weighted by molar-refractivity contribution is 5.85. The molecule has 0 saturated carbocycles. The zero-order chi connectivity index (χ0) is 15.2. The molecule has 0 aliphatic carbocycles. The smallest absolute Gasteiger partial charge is 0.226 e. The van der Waals surface area contributed by atoms with E-state index in [0.29, 0.717) is 25.3 Å². The number of nitrogens with one attached hydrogen (secondary N) is 1. The minimum Gasteiger partial charge on any atom is -0.444 e. The first kappa shape index (κ1) is 18.2. The van der Waals surface area contributed by atoms with E-state index in [0.717, 1.165) is 11.3 Å². The van der Waals surface area contributed by atoms with Crippen molar-refractivity contribution in [2.45, 2.75) is 32.7 Å². The molecule has 120 valence electrons. The number of rotatable bonds is 6. The van der Waals surface area contributed by atoms with Crippen LogP contribution in [0.5, 0.6) is 0 Å². The van der Waals surface area contributed by atoms with Crippen molar-refractivity contribution in [3.8, 4) is 11.5 Å². The summed E-state index contributed by atoms with van der Waals surface area (Å²) in [6, 6.07) is 7.89. The second-order valence-corrected chi connectivity index (χ2v) is 5.29. The largest absolute Gasteiger partial charge is 0.444 e. The molecule has 1 aromatic heterocycles. The van der Waals surface area contributed by atoms with Crippen molar-refractivity contribution in [2.75, 3.05) is 6.54 Å². The van der Waals surface area contributed by atoms with Gasteiger partial charge in [0.1, 0.15) is 6.26 Å². The number of carbonyl (C=O) groups excluding carboxylic acids is 1. The minimum absolute atomic E-state index is 0. The van der Waals surface area contributed by atoms with Gasteiger partial charge in [-0.15, -0.1) is 12.4 Å². The lowest BCUT2D eigenvalue weighted by Crippen LogP contribution is -2.31. The highest BCUT2D eigenvalue weighted by Gasteiger charge is 2.08. The van der Waals surface area contributed by atoms with E-state index >= 15 is 0 Å². The van der Waals surface area contributed by atoms with Gasteiger partial charge < -0.3 is 15.5 Å². The van der Waals surface area contributed by atoms with E-state index in [1.807, 2.05) is 38.1 Å². The van der Waals surface area contributed by atoms with Crippen molar-refractivity contribution >= 4 is 18.3 Å². The lowest BCUT2D eigenvalue weighted by Gasteiger charge is -2.05. The summed E-state index contributed by atoms with van der Waals surface area (Å²) in [7, 11) is 0. The van der Waals surface area contributed by atoms with Crippen LogP contribution in [0.4, 0.5) is 0 Å². The highest BCUT2D eigenvalue weighted by atomic mass is 35.5. The van der Waals surface area contributed by atoms with Gasteiger partial charge in [0.25, 0.3) is 0 Å². The number of nitrogens with two attached hydrogens (primary N) is 1. The Kier molecular flexibility index (Phi) is 7.08. The second-order valence-electron chi connectivity index (χ2n) is 5.29. The van der Waals surface area contributed by atoms with Crippen LogP contribution < -0.4 is 11.1 Å². The van der Waals surface area contributed by atoms with E-state index in [2.05, 4.69) is 10.3 Å².